The molecule has 0 spiro atoms. The third kappa shape index (κ3) is 5.07. The maximum absolute atomic E-state index is 10.3. The predicted molar refractivity (Wildman–Crippen MR) is 111 cm³/mol. The molecule has 2 heterocycles. The van der Waals surface area contributed by atoms with Crippen molar-refractivity contribution in [3.05, 3.63) is 72.4 Å². The van der Waals surface area contributed by atoms with Gasteiger partial charge in [-0.3, -0.25) is 14.8 Å². The van der Waals surface area contributed by atoms with Crippen molar-refractivity contribution in [3.8, 4) is 5.75 Å². The molecule has 1 fully saturated rings. The molecule has 1 N–H and O–H groups in total. The van der Waals surface area contributed by atoms with Crippen LogP contribution in [0, 0.1) is 0 Å². The second-order valence-electron chi connectivity index (χ2n) is 7.39. The Morgan fingerprint density at radius 2 is 1.64 bits per heavy atom. The third-order valence-corrected chi connectivity index (χ3v) is 5.17. The fourth-order valence-corrected chi connectivity index (χ4v) is 3.65. The molecule has 0 amide bonds. The van der Waals surface area contributed by atoms with Crippen LogP contribution in [0.5, 0.6) is 5.75 Å². The molecule has 146 valence electrons. The number of hydrogen-bond donors (Lipinski definition) is 1. The summed E-state index contributed by atoms with van der Waals surface area (Å²) in [5, 5.41) is 11.5. The van der Waals surface area contributed by atoms with E-state index in [1.54, 1.807) is 0 Å². The minimum absolute atomic E-state index is 0.326. The number of ether oxygens (including phenoxy) is 1. The van der Waals surface area contributed by atoms with Crippen LogP contribution in [-0.2, 0) is 6.54 Å². The van der Waals surface area contributed by atoms with Crippen LogP contribution in [0.1, 0.15) is 5.56 Å². The molecule has 0 saturated carbocycles. The molecule has 0 bridgehead atoms. The number of β-amino-alcohol motifs (C(OH)–C–C–N with tert-alkyl or cyclic N) is 1. The van der Waals surface area contributed by atoms with Crippen molar-refractivity contribution in [2.45, 2.75) is 12.6 Å². The van der Waals surface area contributed by atoms with E-state index in [0.29, 0.717) is 13.2 Å². The molecule has 0 unspecified atom stereocenters. The number of piperazine rings is 1. The van der Waals surface area contributed by atoms with Gasteiger partial charge in [0.05, 0.1) is 5.52 Å². The van der Waals surface area contributed by atoms with Gasteiger partial charge in [0.25, 0.3) is 0 Å². The quantitative estimate of drug-likeness (QED) is 0.686. The molecule has 1 aromatic heterocycles. The summed E-state index contributed by atoms with van der Waals surface area (Å²) in [6.07, 6.45) is 1.51. The van der Waals surface area contributed by atoms with Gasteiger partial charge in [0.2, 0.25) is 0 Å². The van der Waals surface area contributed by atoms with E-state index >= 15 is 0 Å². The van der Waals surface area contributed by atoms with Crippen molar-refractivity contribution in [2.75, 3.05) is 39.3 Å². The number of aliphatic hydroxyl groups is 1. The standard InChI is InChI=1S/C23H27N3O2/c27-21(18-28-22-7-2-1-3-8-22)17-26-12-10-25(11-13-26)16-19-14-20-6-4-5-9-23(20)24-15-19/h1-9,14-15,21,27H,10-13,16-18H2/t21-/m0/s1. The van der Waals surface area contributed by atoms with Crippen molar-refractivity contribution in [3.63, 3.8) is 0 Å². The Balaban J connectivity index is 1.21. The monoisotopic (exact) mass is 377 g/mol. The SMILES string of the molecule is O[C@H](COc1ccccc1)CN1CCN(Cc2cnc3ccccc3c2)CC1. The summed E-state index contributed by atoms with van der Waals surface area (Å²) < 4.78 is 5.65. The molecule has 5 heteroatoms. The number of rotatable bonds is 7. The van der Waals surface area contributed by atoms with Crippen LogP contribution in [0.2, 0.25) is 0 Å². The molecule has 1 aliphatic rings. The Morgan fingerprint density at radius 3 is 2.46 bits per heavy atom. The van der Waals surface area contributed by atoms with E-state index in [-0.39, 0.29) is 0 Å². The lowest BCUT2D eigenvalue weighted by molar-refractivity contribution is 0.0446. The van der Waals surface area contributed by atoms with Crippen LogP contribution < -0.4 is 4.74 Å². The highest BCUT2D eigenvalue weighted by atomic mass is 16.5. The molecular weight excluding hydrogens is 350 g/mol. The topological polar surface area (TPSA) is 48.8 Å². The van der Waals surface area contributed by atoms with E-state index in [0.717, 1.165) is 44.0 Å². The summed E-state index contributed by atoms with van der Waals surface area (Å²) in [5.74, 6) is 0.801. The van der Waals surface area contributed by atoms with E-state index in [9.17, 15) is 5.11 Å². The number of fused-ring (bicyclic) bond motifs is 1. The van der Waals surface area contributed by atoms with Gasteiger partial charge in [0.1, 0.15) is 18.5 Å². The van der Waals surface area contributed by atoms with Crippen LogP contribution in [0.3, 0.4) is 0 Å². The average molecular weight is 377 g/mol. The van der Waals surface area contributed by atoms with Crippen LogP contribution in [0.4, 0.5) is 0 Å². The molecule has 0 aliphatic carbocycles. The van der Waals surface area contributed by atoms with E-state index in [1.807, 2.05) is 48.7 Å². The van der Waals surface area contributed by atoms with Gasteiger partial charge in [-0.2, -0.15) is 0 Å². The Labute approximate surface area is 166 Å². The molecule has 28 heavy (non-hydrogen) atoms. The van der Waals surface area contributed by atoms with Gasteiger partial charge in [-0.05, 0) is 29.8 Å². The highest BCUT2D eigenvalue weighted by Gasteiger charge is 2.19. The molecule has 2 aromatic carbocycles. The molecule has 1 aliphatic heterocycles. The summed E-state index contributed by atoms with van der Waals surface area (Å²) in [6.45, 7) is 5.82. The van der Waals surface area contributed by atoms with Crippen LogP contribution in [-0.4, -0.2) is 65.3 Å². The van der Waals surface area contributed by atoms with Crippen molar-refractivity contribution in [1.82, 2.24) is 14.8 Å². The largest absolute Gasteiger partial charge is 0.491 e. The predicted octanol–water partition coefficient (Wildman–Crippen LogP) is 2.79. The Hall–Kier alpha value is -2.47. The van der Waals surface area contributed by atoms with Crippen LogP contribution in [0.15, 0.2) is 66.9 Å². The van der Waals surface area contributed by atoms with Gasteiger partial charge < -0.3 is 9.84 Å². The van der Waals surface area contributed by atoms with E-state index < -0.39 is 6.10 Å². The Morgan fingerprint density at radius 1 is 0.929 bits per heavy atom. The number of pyridine rings is 1. The van der Waals surface area contributed by atoms with Gasteiger partial charge in [0.15, 0.2) is 0 Å². The number of nitrogens with zero attached hydrogens (tertiary/aromatic N) is 3. The van der Waals surface area contributed by atoms with E-state index in [2.05, 4.69) is 33.0 Å². The summed E-state index contributed by atoms with van der Waals surface area (Å²) in [4.78, 5) is 9.33. The number of para-hydroxylation sites is 2. The first kappa shape index (κ1) is 18.9. The van der Waals surface area contributed by atoms with Gasteiger partial charge in [-0.25, -0.2) is 0 Å². The second-order valence-corrected chi connectivity index (χ2v) is 7.39. The van der Waals surface area contributed by atoms with Crippen molar-refractivity contribution in [1.29, 1.82) is 0 Å². The van der Waals surface area contributed by atoms with Gasteiger partial charge in [-0.15, -0.1) is 0 Å². The highest BCUT2D eigenvalue weighted by molar-refractivity contribution is 5.78. The molecule has 0 radical (unpaired) electrons. The summed E-state index contributed by atoms with van der Waals surface area (Å²) in [6, 6.07) is 20.1. The smallest absolute Gasteiger partial charge is 0.119 e. The zero-order chi connectivity index (χ0) is 19.2. The lowest BCUT2D eigenvalue weighted by Crippen LogP contribution is -2.48. The Kier molecular flexibility index (Phi) is 6.17. The molecule has 1 atom stereocenters. The normalized spacial score (nSPS) is 16.9. The zero-order valence-electron chi connectivity index (χ0n) is 16.1. The van der Waals surface area contributed by atoms with Crippen molar-refractivity contribution >= 4 is 10.9 Å². The average Bonchev–Trinajstić information content (AvgIpc) is 2.74. The zero-order valence-corrected chi connectivity index (χ0v) is 16.1. The summed E-state index contributed by atoms with van der Waals surface area (Å²) >= 11 is 0. The van der Waals surface area contributed by atoms with E-state index in [1.165, 1.54) is 10.9 Å². The van der Waals surface area contributed by atoms with Crippen LogP contribution in [0.25, 0.3) is 10.9 Å². The molecule has 3 aromatic rings. The Bertz CT molecular complexity index is 879. The maximum atomic E-state index is 10.3. The molecule has 5 nitrogen and oxygen atoms in total. The van der Waals surface area contributed by atoms with Crippen LogP contribution >= 0.6 is 0 Å². The molecule has 1 saturated heterocycles. The second kappa shape index (κ2) is 9.15. The minimum atomic E-state index is -0.476. The number of hydrogen-bond acceptors (Lipinski definition) is 5. The van der Waals surface area contributed by atoms with Crippen molar-refractivity contribution < 1.29 is 9.84 Å². The highest BCUT2D eigenvalue weighted by Crippen LogP contribution is 2.15. The molecule has 4 rings (SSSR count). The number of benzene rings is 2. The fraction of sp³-hybridized carbons (Fsp3) is 0.348. The molecular formula is C23H27N3O2. The minimum Gasteiger partial charge on any atom is -0.491 e. The maximum Gasteiger partial charge on any atom is 0.119 e. The first-order valence-electron chi connectivity index (χ1n) is 9.90. The van der Waals surface area contributed by atoms with Crippen molar-refractivity contribution in [2.24, 2.45) is 0 Å². The number of aromatic nitrogens is 1. The fourth-order valence-electron chi connectivity index (χ4n) is 3.65. The number of aliphatic hydroxyl groups excluding tert-OH is 1. The lowest BCUT2D eigenvalue weighted by Gasteiger charge is -2.35. The van der Waals surface area contributed by atoms with Gasteiger partial charge >= 0.3 is 0 Å². The summed E-state index contributed by atoms with van der Waals surface area (Å²) in [5.41, 5.74) is 2.30. The first-order valence-corrected chi connectivity index (χ1v) is 9.90. The van der Waals surface area contributed by atoms with Gasteiger partial charge in [-0.1, -0.05) is 36.4 Å². The lowest BCUT2D eigenvalue weighted by atomic mass is 10.1. The first-order chi connectivity index (χ1) is 13.8. The summed E-state index contributed by atoms with van der Waals surface area (Å²) in [7, 11) is 0. The third-order valence-electron chi connectivity index (χ3n) is 5.17. The van der Waals surface area contributed by atoms with Gasteiger partial charge in [0, 0.05) is 50.9 Å². The van der Waals surface area contributed by atoms with E-state index in [4.69, 9.17) is 4.74 Å².